The summed E-state index contributed by atoms with van der Waals surface area (Å²) in [6, 6.07) is 4.63. The van der Waals surface area contributed by atoms with Crippen LogP contribution in [0.4, 0.5) is 9.93 Å². The highest BCUT2D eigenvalue weighted by atomic mass is 35.5. The second kappa shape index (κ2) is 18.3. The third-order valence-corrected chi connectivity index (χ3v) is 14.8. The Hall–Kier alpha value is -3.92. The van der Waals surface area contributed by atoms with E-state index in [1.165, 1.54) is 17.8 Å². The smallest absolute Gasteiger partial charge is 0.408 e. The largest absolute Gasteiger partial charge is 0.491 e. The quantitative estimate of drug-likeness (QED) is 0.119. The molecule has 62 heavy (non-hydrogen) atoms. The molecular weight excluding hydrogens is 832 g/mol. The average molecular weight is 896 g/mol. The van der Waals surface area contributed by atoms with Crippen molar-refractivity contribution in [1.29, 1.82) is 0 Å². The number of anilines is 1. The summed E-state index contributed by atoms with van der Waals surface area (Å²) in [4.78, 5) is 54.8. The number of aromatic nitrogens is 2. The zero-order chi connectivity index (χ0) is 43.9. The second-order valence-electron chi connectivity index (χ2n) is 19.5. The Kier molecular flexibility index (Phi) is 13.2. The highest BCUT2D eigenvalue weighted by Gasteiger charge is 2.59. The molecule has 5 fully saturated rings. The van der Waals surface area contributed by atoms with Gasteiger partial charge in [0, 0.05) is 55.0 Å². The van der Waals surface area contributed by atoms with Gasteiger partial charge in [0.25, 0.3) is 0 Å². The molecule has 8 rings (SSSR count). The number of nitrogens with zero attached hydrogens (tertiary/aromatic N) is 4. The van der Waals surface area contributed by atoms with E-state index in [4.69, 9.17) is 40.5 Å². The summed E-state index contributed by atoms with van der Waals surface area (Å²) >= 11 is 8.63. The number of thiazole rings is 1. The molecule has 3 N–H and O–H groups in total. The number of fused-ring (bicyclic) bond motifs is 2. The molecule has 2 amide bonds. The number of pyridine rings is 1. The van der Waals surface area contributed by atoms with Gasteiger partial charge in [-0.3, -0.25) is 14.5 Å². The molecule has 5 aliphatic rings. The number of ether oxygens (including phenoxy) is 4. The van der Waals surface area contributed by atoms with Gasteiger partial charge in [-0.2, -0.15) is 0 Å². The third-order valence-electron chi connectivity index (χ3n) is 13.7. The van der Waals surface area contributed by atoms with Crippen molar-refractivity contribution in [2.24, 2.45) is 28.6 Å². The number of alkyl carbamates (subject to hydrolysis) is 1. The van der Waals surface area contributed by atoms with Crippen LogP contribution in [0.5, 0.6) is 11.5 Å². The van der Waals surface area contributed by atoms with Gasteiger partial charge in [0.1, 0.15) is 47.1 Å². The molecule has 8 atom stereocenters. The zero-order valence-electron chi connectivity index (χ0n) is 36.9. The molecule has 338 valence electrons. The van der Waals surface area contributed by atoms with E-state index in [1.54, 1.807) is 0 Å². The van der Waals surface area contributed by atoms with E-state index in [1.807, 2.05) is 56.2 Å². The van der Waals surface area contributed by atoms with E-state index in [0.29, 0.717) is 96.2 Å². The number of rotatable bonds is 17. The van der Waals surface area contributed by atoms with Crippen LogP contribution in [0.2, 0.25) is 5.02 Å². The second-order valence-corrected chi connectivity index (χ2v) is 20.8. The minimum absolute atomic E-state index is 0.111. The lowest BCUT2D eigenvalue weighted by Crippen LogP contribution is -2.56. The standard InChI is InChI=1S/C46H63ClN6O8S/c1-7-29-23-46(29,42(55)56)11-10-30-21-32(24-53(30)41(54)40(45(4,5)6)51-44(57)61-31-19-27-18-28(27)20-31)60-37-22-34(35-25-62-43(50-35)48-26(2)3)49-39-33(37)8-9-36(38(39)47)59-17-14-52-12-15-58-16-13-52/h8-9,22,25-32,40H,7,10-21,23-24H2,1-6H3,(H,48,50)(H,51,57)(H,55,56)/t27-,28+,29-,30-,31?,32-,40-,46+/m1/s1. The summed E-state index contributed by atoms with van der Waals surface area (Å²) in [6.07, 6.45) is 4.64. The molecule has 1 unspecified atom stereocenters. The number of carboxylic acids is 1. The van der Waals surface area contributed by atoms with Crippen molar-refractivity contribution in [1.82, 2.24) is 25.1 Å². The van der Waals surface area contributed by atoms with Gasteiger partial charge in [0.15, 0.2) is 5.13 Å². The van der Waals surface area contributed by atoms with Gasteiger partial charge in [-0.25, -0.2) is 14.8 Å². The molecule has 0 bridgehead atoms. The molecule has 2 aliphatic heterocycles. The predicted molar refractivity (Wildman–Crippen MR) is 239 cm³/mol. The van der Waals surface area contributed by atoms with Gasteiger partial charge in [-0.05, 0) is 87.7 Å². The van der Waals surface area contributed by atoms with Crippen molar-refractivity contribution in [3.8, 4) is 22.9 Å². The summed E-state index contributed by atoms with van der Waals surface area (Å²) in [5.74, 6) is 1.45. The number of benzene rings is 1. The normalized spacial score (nSPS) is 27.5. The Balaban J connectivity index is 1.07. The van der Waals surface area contributed by atoms with Crippen LogP contribution in [0.3, 0.4) is 0 Å². The number of carbonyl (C=O) groups is 3. The van der Waals surface area contributed by atoms with Gasteiger partial charge in [0.05, 0.1) is 36.4 Å². The molecule has 3 aliphatic carbocycles. The Bertz CT molecular complexity index is 2110. The van der Waals surface area contributed by atoms with Crippen LogP contribution in [0, 0.1) is 28.6 Å². The zero-order valence-corrected chi connectivity index (χ0v) is 38.5. The topological polar surface area (TPSA) is 165 Å². The Morgan fingerprint density at radius 2 is 1.81 bits per heavy atom. The summed E-state index contributed by atoms with van der Waals surface area (Å²) in [7, 11) is 0. The van der Waals surface area contributed by atoms with E-state index in [9.17, 15) is 19.5 Å². The van der Waals surface area contributed by atoms with Crippen molar-refractivity contribution in [3.05, 3.63) is 28.6 Å². The molecule has 2 aromatic heterocycles. The van der Waals surface area contributed by atoms with Gasteiger partial charge in [0.2, 0.25) is 5.91 Å². The summed E-state index contributed by atoms with van der Waals surface area (Å²) in [6.45, 7) is 16.5. The first-order valence-electron chi connectivity index (χ1n) is 22.6. The maximum atomic E-state index is 14.8. The Morgan fingerprint density at radius 1 is 1.05 bits per heavy atom. The lowest BCUT2D eigenvalue weighted by Gasteiger charge is -2.36. The van der Waals surface area contributed by atoms with Crippen LogP contribution in [-0.4, -0.2) is 119 Å². The minimum Gasteiger partial charge on any atom is -0.491 e. The molecule has 0 spiro atoms. The van der Waals surface area contributed by atoms with Crippen LogP contribution in [0.25, 0.3) is 22.3 Å². The number of carboxylic acid groups (broad SMARTS) is 1. The van der Waals surface area contributed by atoms with Crippen LogP contribution >= 0.6 is 22.9 Å². The van der Waals surface area contributed by atoms with E-state index in [2.05, 4.69) is 29.4 Å². The monoisotopic (exact) mass is 894 g/mol. The summed E-state index contributed by atoms with van der Waals surface area (Å²) < 4.78 is 24.5. The van der Waals surface area contributed by atoms with Crippen molar-refractivity contribution < 1.29 is 38.4 Å². The number of nitrogens with one attached hydrogen (secondary N) is 2. The van der Waals surface area contributed by atoms with Crippen molar-refractivity contribution in [2.45, 2.75) is 123 Å². The molecule has 3 aromatic rings. The maximum absolute atomic E-state index is 14.8. The first-order chi connectivity index (χ1) is 29.6. The van der Waals surface area contributed by atoms with E-state index in [-0.39, 0.29) is 36.6 Å². The predicted octanol–water partition coefficient (Wildman–Crippen LogP) is 8.11. The number of likely N-dealkylation sites (tertiary alicyclic amines) is 1. The Labute approximate surface area is 373 Å². The van der Waals surface area contributed by atoms with Crippen molar-refractivity contribution in [3.63, 3.8) is 0 Å². The lowest BCUT2D eigenvalue weighted by atomic mass is 9.85. The molecule has 16 heteroatoms. The van der Waals surface area contributed by atoms with Crippen LogP contribution in [-0.2, 0) is 19.1 Å². The molecular formula is C46H63ClN6O8S. The third kappa shape index (κ3) is 9.90. The highest BCUT2D eigenvalue weighted by molar-refractivity contribution is 7.14. The average Bonchev–Trinajstić information content (AvgIpc) is 3.93. The molecule has 2 saturated heterocycles. The van der Waals surface area contributed by atoms with Crippen LogP contribution in [0.1, 0.15) is 92.9 Å². The number of hydrogen-bond donors (Lipinski definition) is 3. The SMILES string of the molecule is CC[C@@H]1C[C@]1(CC[C@@H]1C[C@@H](Oc2cc(-c3csc(NC(C)C)n3)nc3c(Cl)c(OCCN4CCOCC4)ccc23)CN1C(=O)[C@@H](NC(=O)OC1C[C@@H]2C[C@@H]2C1)C(C)(C)C)C(=O)O. The van der Waals surface area contributed by atoms with E-state index >= 15 is 0 Å². The van der Waals surface area contributed by atoms with E-state index in [0.717, 1.165) is 44.0 Å². The number of carbonyl (C=O) groups excluding carboxylic acids is 2. The van der Waals surface area contributed by atoms with Crippen LogP contribution in [0.15, 0.2) is 23.6 Å². The molecule has 14 nitrogen and oxygen atoms in total. The molecule has 3 saturated carbocycles. The number of halogens is 1. The molecule has 4 heterocycles. The first kappa shape index (κ1) is 44.7. The fourth-order valence-corrected chi connectivity index (χ4v) is 11.0. The maximum Gasteiger partial charge on any atom is 0.408 e. The molecule has 0 radical (unpaired) electrons. The first-order valence-corrected chi connectivity index (χ1v) is 23.8. The fourth-order valence-electron chi connectivity index (χ4n) is 9.93. The number of aliphatic carboxylic acids is 1. The van der Waals surface area contributed by atoms with Crippen LogP contribution < -0.4 is 20.1 Å². The van der Waals surface area contributed by atoms with Crippen molar-refractivity contribution >= 4 is 56.9 Å². The molecule has 1 aromatic carbocycles. The number of amides is 2. The van der Waals surface area contributed by atoms with E-state index < -0.39 is 35.0 Å². The lowest BCUT2D eigenvalue weighted by molar-refractivity contribution is -0.144. The summed E-state index contributed by atoms with van der Waals surface area (Å²) in [5.41, 5.74) is 0.315. The van der Waals surface area contributed by atoms with Crippen molar-refractivity contribution in [2.75, 3.05) is 51.3 Å². The fraction of sp³-hybridized carbons (Fsp3) is 0.674. The van der Waals surface area contributed by atoms with Gasteiger partial charge in [-0.1, -0.05) is 45.7 Å². The number of morpholine rings is 1. The van der Waals surface area contributed by atoms with Gasteiger partial charge < -0.3 is 39.6 Å². The number of hydrogen-bond acceptors (Lipinski definition) is 12. The minimum atomic E-state index is -0.878. The van der Waals surface area contributed by atoms with Gasteiger partial charge in [-0.15, -0.1) is 11.3 Å². The Morgan fingerprint density at radius 3 is 2.48 bits per heavy atom. The highest BCUT2D eigenvalue weighted by Crippen LogP contribution is 2.58. The summed E-state index contributed by atoms with van der Waals surface area (Å²) in [5, 5.41) is 20.4. The van der Waals surface area contributed by atoms with Gasteiger partial charge >= 0.3 is 12.1 Å².